The zero-order valence-electron chi connectivity index (χ0n) is 10.2. The first kappa shape index (κ1) is 13.1. The standard InChI is InChI=1S/C12H10Cl2N6/c13-6-1-2-7(9(14)3-6)10-8(4-15)11(16)20-12(19-10)17-5-18-20/h1-3,5H,4,15-16H2. The van der Waals surface area contributed by atoms with E-state index in [1.165, 1.54) is 10.8 Å². The molecule has 0 saturated heterocycles. The maximum atomic E-state index is 6.22. The molecule has 0 spiro atoms. The van der Waals surface area contributed by atoms with Crippen molar-refractivity contribution in [2.45, 2.75) is 6.54 Å². The number of nitrogen functional groups attached to an aromatic ring is 1. The molecule has 0 aliphatic carbocycles. The van der Waals surface area contributed by atoms with Crippen LogP contribution < -0.4 is 11.5 Å². The minimum absolute atomic E-state index is 0.211. The first-order valence-electron chi connectivity index (χ1n) is 5.75. The molecule has 0 atom stereocenters. The summed E-state index contributed by atoms with van der Waals surface area (Å²) in [6.07, 6.45) is 1.38. The summed E-state index contributed by atoms with van der Waals surface area (Å²) in [4.78, 5) is 8.47. The fraction of sp³-hybridized carbons (Fsp3) is 0.0833. The third-order valence-corrected chi connectivity index (χ3v) is 3.50. The third kappa shape index (κ3) is 1.98. The van der Waals surface area contributed by atoms with Gasteiger partial charge in [-0.3, -0.25) is 0 Å². The lowest BCUT2D eigenvalue weighted by atomic mass is 10.1. The zero-order chi connectivity index (χ0) is 14.3. The number of anilines is 1. The maximum absolute atomic E-state index is 6.22. The van der Waals surface area contributed by atoms with Gasteiger partial charge in [0.15, 0.2) is 0 Å². The Morgan fingerprint density at radius 1 is 1.25 bits per heavy atom. The summed E-state index contributed by atoms with van der Waals surface area (Å²) in [5.41, 5.74) is 13.8. The van der Waals surface area contributed by atoms with E-state index in [2.05, 4.69) is 15.1 Å². The average Bonchev–Trinajstić information content (AvgIpc) is 2.87. The van der Waals surface area contributed by atoms with Crippen molar-refractivity contribution in [2.75, 3.05) is 5.73 Å². The first-order chi connectivity index (χ1) is 9.61. The number of benzene rings is 1. The van der Waals surface area contributed by atoms with Crippen LogP contribution in [0.2, 0.25) is 10.0 Å². The number of aromatic nitrogens is 4. The van der Waals surface area contributed by atoms with Crippen molar-refractivity contribution in [3.8, 4) is 11.3 Å². The van der Waals surface area contributed by atoms with Gasteiger partial charge in [0.25, 0.3) is 5.78 Å². The number of hydrogen-bond donors (Lipinski definition) is 2. The molecule has 20 heavy (non-hydrogen) atoms. The number of halogens is 2. The smallest absolute Gasteiger partial charge is 0.254 e. The molecule has 0 fully saturated rings. The lowest BCUT2D eigenvalue weighted by Gasteiger charge is -2.12. The minimum Gasteiger partial charge on any atom is -0.383 e. The first-order valence-corrected chi connectivity index (χ1v) is 6.51. The van der Waals surface area contributed by atoms with Gasteiger partial charge in [-0.25, -0.2) is 4.98 Å². The second-order valence-electron chi connectivity index (χ2n) is 4.12. The van der Waals surface area contributed by atoms with Crippen LogP contribution in [0, 0.1) is 0 Å². The predicted octanol–water partition coefficient (Wildman–Crippen LogP) is 2.14. The van der Waals surface area contributed by atoms with Gasteiger partial charge in [0.05, 0.1) is 10.7 Å². The SMILES string of the molecule is NCc1c(-c2ccc(Cl)cc2Cl)nc2ncnn2c1N. The Morgan fingerprint density at radius 2 is 2.05 bits per heavy atom. The molecule has 0 aliphatic rings. The molecular formula is C12H10Cl2N6. The van der Waals surface area contributed by atoms with E-state index >= 15 is 0 Å². The molecule has 0 unspecified atom stereocenters. The van der Waals surface area contributed by atoms with Crippen LogP contribution in [0.3, 0.4) is 0 Å². The summed E-state index contributed by atoms with van der Waals surface area (Å²) in [6.45, 7) is 0.211. The van der Waals surface area contributed by atoms with E-state index in [0.29, 0.717) is 38.5 Å². The van der Waals surface area contributed by atoms with Crippen LogP contribution >= 0.6 is 23.2 Å². The number of hydrogen-bond acceptors (Lipinski definition) is 5. The van der Waals surface area contributed by atoms with Crippen LogP contribution in [0.4, 0.5) is 5.82 Å². The van der Waals surface area contributed by atoms with Gasteiger partial charge in [-0.15, -0.1) is 0 Å². The molecule has 3 aromatic rings. The van der Waals surface area contributed by atoms with E-state index < -0.39 is 0 Å². The topological polar surface area (TPSA) is 95.1 Å². The normalized spacial score (nSPS) is 11.2. The van der Waals surface area contributed by atoms with Gasteiger partial charge in [0.1, 0.15) is 12.1 Å². The molecule has 2 heterocycles. The molecular weight excluding hydrogens is 299 g/mol. The van der Waals surface area contributed by atoms with Crippen LogP contribution in [0.1, 0.15) is 5.56 Å². The van der Waals surface area contributed by atoms with Crippen molar-refractivity contribution >= 4 is 34.8 Å². The van der Waals surface area contributed by atoms with Crippen molar-refractivity contribution in [1.82, 2.24) is 19.6 Å². The van der Waals surface area contributed by atoms with E-state index in [0.717, 1.165) is 0 Å². The fourth-order valence-electron chi connectivity index (χ4n) is 2.00. The van der Waals surface area contributed by atoms with Crippen molar-refractivity contribution < 1.29 is 0 Å². The summed E-state index contributed by atoms with van der Waals surface area (Å²) in [6, 6.07) is 5.15. The lowest BCUT2D eigenvalue weighted by molar-refractivity contribution is 0.919. The molecule has 3 rings (SSSR count). The van der Waals surface area contributed by atoms with Crippen molar-refractivity contribution in [2.24, 2.45) is 5.73 Å². The van der Waals surface area contributed by atoms with Crippen LogP contribution in [-0.2, 0) is 6.54 Å². The molecule has 102 valence electrons. The van der Waals surface area contributed by atoms with Crippen molar-refractivity contribution in [3.63, 3.8) is 0 Å². The molecule has 1 aromatic carbocycles. The van der Waals surface area contributed by atoms with Gasteiger partial charge in [0.2, 0.25) is 0 Å². The largest absolute Gasteiger partial charge is 0.383 e. The molecule has 0 saturated carbocycles. The fourth-order valence-corrected chi connectivity index (χ4v) is 2.50. The highest BCUT2D eigenvalue weighted by molar-refractivity contribution is 6.36. The van der Waals surface area contributed by atoms with Crippen LogP contribution in [0.5, 0.6) is 0 Å². The summed E-state index contributed by atoms with van der Waals surface area (Å²) in [5.74, 6) is 0.789. The number of nitrogens with two attached hydrogens (primary N) is 2. The lowest BCUT2D eigenvalue weighted by Crippen LogP contribution is -2.11. The molecule has 4 N–H and O–H groups in total. The van der Waals surface area contributed by atoms with Gasteiger partial charge < -0.3 is 11.5 Å². The molecule has 0 aliphatic heterocycles. The van der Waals surface area contributed by atoms with Crippen molar-refractivity contribution in [3.05, 3.63) is 40.1 Å². The average molecular weight is 309 g/mol. The molecule has 8 heteroatoms. The minimum atomic E-state index is 0.211. The molecule has 0 bridgehead atoms. The van der Waals surface area contributed by atoms with Crippen LogP contribution in [-0.4, -0.2) is 19.6 Å². The van der Waals surface area contributed by atoms with E-state index in [1.54, 1.807) is 18.2 Å². The maximum Gasteiger partial charge on any atom is 0.254 e. The summed E-state index contributed by atoms with van der Waals surface area (Å²) in [5, 5.41) is 5.03. The Balaban J connectivity index is 2.34. The number of fused-ring (bicyclic) bond motifs is 1. The molecule has 0 radical (unpaired) electrons. The van der Waals surface area contributed by atoms with E-state index in [9.17, 15) is 0 Å². The molecule has 2 aromatic heterocycles. The monoisotopic (exact) mass is 308 g/mol. The second kappa shape index (κ2) is 4.90. The zero-order valence-corrected chi connectivity index (χ0v) is 11.7. The van der Waals surface area contributed by atoms with Crippen LogP contribution in [0.15, 0.2) is 24.5 Å². The summed E-state index contributed by atoms with van der Waals surface area (Å²) in [7, 11) is 0. The van der Waals surface area contributed by atoms with Gasteiger partial charge in [0, 0.05) is 22.7 Å². The van der Waals surface area contributed by atoms with E-state index in [4.69, 9.17) is 34.7 Å². The third-order valence-electron chi connectivity index (χ3n) is 2.96. The number of nitrogens with zero attached hydrogens (tertiary/aromatic N) is 4. The Bertz CT molecular complexity index is 798. The summed E-state index contributed by atoms with van der Waals surface area (Å²) >= 11 is 12.1. The molecule has 0 amide bonds. The van der Waals surface area contributed by atoms with Gasteiger partial charge in [-0.2, -0.15) is 14.6 Å². The Labute approximate surface area is 124 Å². The summed E-state index contributed by atoms with van der Waals surface area (Å²) < 4.78 is 1.44. The molecule has 6 nitrogen and oxygen atoms in total. The van der Waals surface area contributed by atoms with Gasteiger partial charge in [-0.1, -0.05) is 23.2 Å². The highest BCUT2D eigenvalue weighted by Crippen LogP contribution is 2.33. The van der Waals surface area contributed by atoms with E-state index in [-0.39, 0.29) is 6.54 Å². The van der Waals surface area contributed by atoms with E-state index in [1.807, 2.05) is 0 Å². The van der Waals surface area contributed by atoms with Gasteiger partial charge >= 0.3 is 0 Å². The second-order valence-corrected chi connectivity index (χ2v) is 4.97. The Kier molecular flexibility index (Phi) is 3.21. The predicted molar refractivity (Wildman–Crippen MR) is 78.5 cm³/mol. The van der Waals surface area contributed by atoms with Crippen molar-refractivity contribution in [1.29, 1.82) is 0 Å². The van der Waals surface area contributed by atoms with Gasteiger partial charge in [-0.05, 0) is 18.2 Å². The van der Waals surface area contributed by atoms with Crippen LogP contribution in [0.25, 0.3) is 17.0 Å². The Morgan fingerprint density at radius 3 is 2.75 bits per heavy atom. The Hall–Kier alpha value is -1.89. The number of rotatable bonds is 2. The highest BCUT2D eigenvalue weighted by Gasteiger charge is 2.17. The highest BCUT2D eigenvalue weighted by atomic mass is 35.5. The quantitative estimate of drug-likeness (QED) is 0.756.